The average Bonchev–Trinajstić information content (AvgIpc) is 2.83. The average molecular weight is 257 g/mol. The zero-order valence-electron chi connectivity index (χ0n) is 11.0. The molecule has 0 aromatic carbocycles. The van der Waals surface area contributed by atoms with Crippen molar-refractivity contribution in [3.63, 3.8) is 0 Å². The van der Waals surface area contributed by atoms with Crippen molar-refractivity contribution >= 4 is 11.9 Å². The number of hydrogen-bond donors (Lipinski definition) is 2. The molecule has 2 N–H and O–H groups in total. The lowest BCUT2D eigenvalue weighted by atomic mass is 10.0. The van der Waals surface area contributed by atoms with Crippen LogP contribution < -0.4 is 5.32 Å². The van der Waals surface area contributed by atoms with Gasteiger partial charge in [0.1, 0.15) is 0 Å². The van der Waals surface area contributed by atoms with Gasteiger partial charge in [0.2, 0.25) is 5.91 Å². The monoisotopic (exact) mass is 257 g/mol. The molecule has 0 radical (unpaired) electrons. The zero-order valence-corrected chi connectivity index (χ0v) is 11.0. The minimum absolute atomic E-state index is 0.00533. The molecule has 2 atom stereocenters. The Labute approximate surface area is 108 Å². The molecule has 0 aromatic heterocycles. The first kappa shape index (κ1) is 15.0. The number of aliphatic carboxylic acids is 1. The largest absolute Gasteiger partial charge is 0.481 e. The van der Waals surface area contributed by atoms with Crippen molar-refractivity contribution in [1.29, 1.82) is 0 Å². The Morgan fingerprint density at radius 2 is 2.00 bits per heavy atom. The molecule has 104 valence electrons. The molecule has 5 heteroatoms. The van der Waals surface area contributed by atoms with E-state index in [1.807, 2.05) is 0 Å². The molecule has 0 heterocycles. The van der Waals surface area contributed by atoms with E-state index in [9.17, 15) is 9.59 Å². The van der Waals surface area contributed by atoms with Crippen molar-refractivity contribution < 1.29 is 19.4 Å². The van der Waals surface area contributed by atoms with Crippen LogP contribution in [0.4, 0.5) is 0 Å². The van der Waals surface area contributed by atoms with E-state index in [1.54, 1.807) is 0 Å². The van der Waals surface area contributed by atoms with Crippen molar-refractivity contribution in [2.45, 2.75) is 39.0 Å². The fourth-order valence-electron chi connectivity index (χ4n) is 2.22. The molecule has 0 bridgehead atoms. The number of carbonyl (C=O) groups is 2. The summed E-state index contributed by atoms with van der Waals surface area (Å²) in [5, 5.41) is 11.7. The standard InChI is InChI=1S/C13H23NO4/c1-2-7-18-8-3-6-14-12(15)10-4-5-11(9-10)13(16)17/h10-11H,2-9H2,1H3,(H,14,15)(H,16,17)/t10-,11+/m1/s1. The summed E-state index contributed by atoms with van der Waals surface area (Å²) in [4.78, 5) is 22.5. The number of hydrogen-bond acceptors (Lipinski definition) is 3. The van der Waals surface area contributed by atoms with Crippen LogP contribution in [-0.4, -0.2) is 36.7 Å². The van der Waals surface area contributed by atoms with Crippen molar-refractivity contribution in [3.8, 4) is 0 Å². The van der Waals surface area contributed by atoms with E-state index in [0.29, 0.717) is 32.4 Å². The van der Waals surface area contributed by atoms with E-state index in [1.165, 1.54) is 0 Å². The third-order valence-corrected chi connectivity index (χ3v) is 3.27. The first-order chi connectivity index (χ1) is 8.65. The molecular formula is C13H23NO4. The van der Waals surface area contributed by atoms with Crippen molar-refractivity contribution in [2.75, 3.05) is 19.8 Å². The van der Waals surface area contributed by atoms with Crippen LogP contribution in [0.5, 0.6) is 0 Å². The molecule has 1 aliphatic carbocycles. The van der Waals surface area contributed by atoms with Crippen molar-refractivity contribution in [3.05, 3.63) is 0 Å². The molecule has 0 saturated heterocycles. The second-order valence-corrected chi connectivity index (χ2v) is 4.80. The van der Waals surface area contributed by atoms with Gasteiger partial charge in [0.15, 0.2) is 0 Å². The van der Waals surface area contributed by atoms with Crippen LogP contribution in [0.1, 0.15) is 39.0 Å². The highest BCUT2D eigenvalue weighted by molar-refractivity contribution is 5.80. The summed E-state index contributed by atoms with van der Waals surface area (Å²) in [6.07, 6.45) is 3.60. The van der Waals surface area contributed by atoms with E-state index in [-0.39, 0.29) is 17.7 Å². The normalized spacial score (nSPS) is 22.9. The van der Waals surface area contributed by atoms with Gasteiger partial charge in [0.25, 0.3) is 0 Å². The Morgan fingerprint density at radius 3 is 2.61 bits per heavy atom. The molecule has 18 heavy (non-hydrogen) atoms. The molecular weight excluding hydrogens is 234 g/mol. The summed E-state index contributed by atoms with van der Waals surface area (Å²) in [5.74, 6) is -1.25. The molecule has 0 aliphatic heterocycles. The predicted octanol–water partition coefficient (Wildman–Crippen LogP) is 1.42. The van der Waals surface area contributed by atoms with Gasteiger partial charge in [0, 0.05) is 25.7 Å². The highest BCUT2D eigenvalue weighted by atomic mass is 16.5. The number of carbonyl (C=O) groups excluding carboxylic acids is 1. The number of rotatable bonds is 8. The maximum Gasteiger partial charge on any atom is 0.306 e. The zero-order chi connectivity index (χ0) is 13.4. The summed E-state index contributed by atoms with van der Waals surface area (Å²) in [7, 11) is 0. The highest BCUT2D eigenvalue weighted by Gasteiger charge is 2.33. The predicted molar refractivity (Wildman–Crippen MR) is 67.2 cm³/mol. The smallest absolute Gasteiger partial charge is 0.306 e. The first-order valence-corrected chi connectivity index (χ1v) is 6.73. The molecule has 1 fully saturated rings. The van der Waals surface area contributed by atoms with Crippen molar-refractivity contribution in [1.82, 2.24) is 5.32 Å². The molecule has 0 spiro atoms. The summed E-state index contributed by atoms with van der Waals surface area (Å²) in [5.41, 5.74) is 0. The summed E-state index contributed by atoms with van der Waals surface area (Å²) in [6, 6.07) is 0. The van der Waals surface area contributed by atoms with Gasteiger partial charge in [-0.1, -0.05) is 6.92 Å². The SMILES string of the molecule is CCCOCCCNC(=O)[C@@H]1CC[C@H](C(=O)O)C1. The topological polar surface area (TPSA) is 75.6 Å². The third-order valence-electron chi connectivity index (χ3n) is 3.27. The minimum Gasteiger partial charge on any atom is -0.481 e. The van der Waals surface area contributed by atoms with Gasteiger partial charge in [-0.2, -0.15) is 0 Å². The van der Waals surface area contributed by atoms with Crippen LogP contribution in [0.2, 0.25) is 0 Å². The number of ether oxygens (including phenoxy) is 1. The Morgan fingerprint density at radius 1 is 1.28 bits per heavy atom. The molecule has 1 saturated carbocycles. The Hall–Kier alpha value is -1.10. The lowest BCUT2D eigenvalue weighted by Gasteiger charge is -2.10. The minimum atomic E-state index is -0.779. The van der Waals surface area contributed by atoms with Gasteiger partial charge in [-0.15, -0.1) is 0 Å². The fraction of sp³-hybridized carbons (Fsp3) is 0.846. The van der Waals surface area contributed by atoms with E-state index < -0.39 is 5.97 Å². The van der Waals surface area contributed by atoms with E-state index in [0.717, 1.165) is 19.4 Å². The second kappa shape index (κ2) is 8.08. The molecule has 0 aromatic rings. The number of amides is 1. The quantitative estimate of drug-likeness (QED) is 0.645. The lowest BCUT2D eigenvalue weighted by Crippen LogP contribution is -2.31. The van der Waals surface area contributed by atoms with Crippen LogP contribution in [0.3, 0.4) is 0 Å². The molecule has 1 rings (SSSR count). The van der Waals surface area contributed by atoms with Gasteiger partial charge in [-0.25, -0.2) is 0 Å². The van der Waals surface area contributed by atoms with Crippen LogP contribution in [0, 0.1) is 11.8 Å². The fourth-order valence-corrected chi connectivity index (χ4v) is 2.22. The van der Waals surface area contributed by atoms with E-state index in [4.69, 9.17) is 9.84 Å². The molecule has 5 nitrogen and oxygen atoms in total. The van der Waals surface area contributed by atoms with Crippen LogP contribution in [0.25, 0.3) is 0 Å². The summed E-state index contributed by atoms with van der Waals surface area (Å²) >= 11 is 0. The third kappa shape index (κ3) is 5.04. The Kier molecular flexibility index (Phi) is 6.72. The summed E-state index contributed by atoms with van der Waals surface area (Å²) < 4.78 is 5.31. The first-order valence-electron chi connectivity index (χ1n) is 6.73. The number of nitrogens with one attached hydrogen (secondary N) is 1. The highest BCUT2D eigenvalue weighted by Crippen LogP contribution is 2.30. The molecule has 1 aliphatic rings. The lowest BCUT2D eigenvalue weighted by molar-refractivity contribution is -0.141. The van der Waals surface area contributed by atoms with Crippen LogP contribution >= 0.6 is 0 Å². The Bertz CT molecular complexity index is 280. The maximum atomic E-state index is 11.8. The van der Waals surface area contributed by atoms with Gasteiger partial charge in [-0.05, 0) is 32.1 Å². The van der Waals surface area contributed by atoms with E-state index >= 15 is 0 Å². The summed E-state index contributed by atoms with van der Waals surface area (Å²) in [6.45, 7) is 4.09. The molecule has 1 amide bonds. The van der Waals surface area contributed by atoms with Gasteiger partial charge in [0.05, 0.1) is 5.92 Å². The maximum absolute atomic E-state index is 11.8. The number of carboxylic acid groups (broad SMARTS) is 1. The van der Waals surface area contributed by atoms with Gasteiger partial charge < -0.3 is 15.2 Å². The van der Waals surface area contributed by atoms with Gasteiger partial charge in [-0.3, -0.25) is 9.59 Å². The van der Waals surface area contributed by atoms with Crippen LogP contribution in [-0.2, 0) is 14.3 Å². The Balaban J connectivity index is 2.09. The van der Waals surface area contributed by atoms with Crippen molar-refractivity contribution in [2.24, 2.45) is 11.8 Å². The molecule has 0 unspecified atom stereocenters. The number of carboxylic acids is 1. The van der Waals surface area contributed by atoms with E-state index in [2.05, 4.69) is 12.2 Å². The second-order valence-electron chi connectivity index (χ2n) is 4.80. The van der Waals surface area contributed by atoms with Crippen LogP contribution in [0.15, 0.2) is 0 Å². The van der Waals surface area contributed by atoms with Gasteiger partial charge >= 0.3 is 5.97 Å².